The Hall–Kier alpha value is -2.87. The molecule has 6 nitrogen and oxygen atoms in total. The number of hydrogen-bond acceptors (Lipinski definition) is 6. The molecule has 0 spiro atoms. The van der Waals surface area contributed by atoms with Gasteiger partial charge in [-0.25, -0.2) is 4.98 Å². The van der Waals surface area contributed by atoms with Gasteiger partial charge in [0.2, 0.25) is 0 Å². The summed E-state index contributed by atoms with van der Waals surface area (Å²) in [6.45, 7) is 0. The monoisotopic (exact) mass is 437 g/mol. The molecule has 0 radical (unpaired) electrons. The normalized spacial score (nSPS) is 15.6. The number of benzene rings is 2. The minimum atomic E-state index is -0.0688. The van der Waals surface area contributed by atoms with Crippen molar-refractivity contribution >= 4 is 44.5 Å². The van der Waals surface area contributed by atoms with Crippen LogP contribution in [-0.4, -0.2) is 41.9 Å². The van der Waals surface area contributed by atoms with Gasteiger partial charge in [0.15, 0.2) is 6.29 Å². The van der Waals surface area contributed by atoms with E-state index in [0.717, 1.165) is 27.5 Å². The summed E-state index contributed by atoms with van der Waals surface area (Å²) < 4.78 is 2.24. The second kappa shape index (κ2) is 7.12. The molecule has 152 valence electrons. The van der Waals surface area contributed by atoms with E-state index in [0.29, 0.717) is 15.2 Å². The predicted octanol–water partition coefficient (Wildman–Crippen LogP) is 4.47. The third-order valence-corrected chi connectivity index (χ3v) is 6.76. The highest BCUT2D eigenvalue weighted by molar-refractivity contribution is 7.22. The van der Waals surface area contributed by atoms with Crippen LogP contribution in [0.1, 0.15) is 0 Å². The number of nitrogens with one attached hydrogen (secondary N) is 1. The Morgan fingerprint density at radius 3 is 2.63 bits per heavy atom. The van der Waals surface area contributed by atoms with Crippen molar-refractivity contribution in [3.05, 3.63) is 70.2 Å². The Morgan fingerprint density at radius 1 is 1.13 bits per heavy atom. The lowest BCUT2D eigenvalue weighted by Crippen LogP contribution is -2.44. The Balaban J connectivity index is 1.56. The molecule has 2 aromatic heterocycles. The molecule has 1 N–H and O–H groups in total. The van der Waals surface area contributed by atoms with E-state index < -0.39 is 0 Å². The molecule has 1 aliphatic heterocycles. The second-order valence-electron chi connectivity index (χ2n) is 7.55. The molecule has 1 unspecified atom stereocenters. The summed E-state index contributed by atoms with van der Waals surface area (Å²) in [4.78, 5) is 23.0. The lowest BCUT2D eigenvalue weighted by Gasteiger charge is -2.27. The Morgan fingerprint density at radius 2 is 1.90 bits per heavy atom. The van der Waals surface area contributed by atoms with Gasteiger partial charge in [0.1, 0.15) is 11.0 Å². The van der Waals surface area contributed by atoms with Crippen molar-refractivity contribution in [1.82, 2.24) is 14.5 Å². The van der Waals surface area contributed by atoms with Crippen LogP contribution in [0.4, 0.5) is 11.4 Å². The first-order valence-electron chi connectivity index (χ1n) is 9.50. The smallest absolute Gasteiger partial charge is 0.275 e. The minimum Gasteiger partial charge on any atom is -0.351 e. The molecule has 0 saturated heterocycles. The maximum atomic E-state index is 13.2. The summed E-state index contributed by atoms with van der Waals surface area (Å²) >= 11 is 7.45. The maximum absolute atomic E-state index is 13.2. The molecular weight excluding hydrogens is 418 g/mol. The molecular formula is C22H20ClN5OS. The van der Waals surface area contributed by atoms with Gasteiger partial charge in [-0.3, -0.25) is 14.3 Å². The molecule has 8 heteroatoms. The Labute approximate surface area is 183 Å². The van der Waals surface area contributed by atoms with Gasteiger partial charge < -0.3 is 10.2 Å². The van der Waals surface area contributed by atoms with Gasteiger partial charge in [0.25, 0.3) is 5.56 Å². The van der Waals surface area contributed by atoms with Gasteiger partial charge in [-0.15, -0.1) is 11.3 Å². The number of rotatable bonds is 3. The Kier molecular flexibility index (Phi) is 4.54. The number of thiophene rings is 1. The molecule has 30 heavy (non-hydrogen) atoms. The van der Waals surface area contributed by atoms with Crippen molar-refractivity contribution in [2.24, 2.45) is 0 Å². The molecule has 1 atom stereocenters. The third kappa shape index (κ3) is 3.06. The number of hydrogen-bond donors (Lipinski definition) is 1. The number of nitrogens with zero attached hydrogens (tertiary/aromatic N) is 4. The largest absolute Gasteiger partial charge is 0.351 e. The van der Waals surface area contributed by atoms with Crippen molar-refractivity contribution in [1.29, 1.82) is 0 Å². The van der Waals surface area contributed by atoms with Crippen molar-refractivity contribution in [2.75, 3.05) is 31.4 Å². The summed E-state index contributed by atoms with van der Waals surface area (Å²) in [6.07, 6.45) is 1.68. The van der Waals surface area contributed by atoms with Crippen LogP contribution in [0.3, 0.4) is 0 Å². The molecule has 3 heterocycles. The highest BCUT2D eigenvalue weighted by atomic mass is 35.5. The summed E-state index contributed by atoms with van der Waals surface area (Å²) in [5, 5.41) is 4.18. The zero-order valence-electron chi connectivity index (χ0n) is 16.8. The fraction of sp³-hybridized carbons (Fsp3) is 0.182. The van der Waals surface area contributed by atoms with E-state index in [9.17, 15) is 4.79 Å². The van der Waals surface area contributed by atoms with Gasteiger partial charge in [-0.1, -0.05) is 23.7 Å². The van der Waals surface area contributed by atoms with Crippen LogP contribution in [-0.2, 0) is 0 Å². The van der Waals surface area contributed by atoms with Crippen LogP contribution in [0.25, 0.3) is 26.3 Å². The van der Waals surface area contributed by atoms with Crippen molar-refractivity contribution in [2.45, 2.75) is 6.29 Å². The molecule has 2 aromatic carbocycles. The number of halogens is 1. The first-order chi connectivity index (χ1) is 14.4. The van der Waals surface area contributed by atoms with Crippen LogP contribution < -0.4 is 15.8 Å². The molecule has 4 aromatic rings. The van der Waals surface area contributed by atoms with E-state index in [4.69, 9.17) is 11.6 Å². The molecule has 0 fully saturated rings. The van der Waals surface area contributed by atoms with Crippen molar-refractivity contribution in [3.8, 4) is 16.1 Å². The molecule has 0 saturated carbocycles. The molecule has 0 aliphatic carbocycles. The minimum absolute atomic E-state index is 0.0688. The van der Waals surface area contributed by atoms with Crippen molar-refractivity contribution in [3.63, 3.8) is 0 Å². The van der Waals surface area contributed by atoms with E-state index in [2.05, 4.69) is 20.1 Å². The van der Waals surface area contributed by atoms with Crippen LogP contribution in [0, 0.1) is 0 Å². The lowest BCUT2D eigenvalue weighted by atomic mass is 10.2. The van der Waals surface area contributed by atoms with Crippen molar-refractivity contribution < 1.29 is 0 Å². The first kappa shape index (κ1) is 19.1. The topological polar surface area (TPSA) is 53.4 Å². The number of aromatic nitrogens is 2. The zero-order chi connectivity index (χ0) is 21.0. The number of anilines is 2. The van der Waals surface area contributed by atoms with Gasteiger partial charge in [0.05, 0.1) is 22.6 Å². The maximum Gasteiger partial charge on any atom is 0.275 e. The molecule has 0 amide bonds. The average molecular weight is 438 g/mol. The molecule has 5 rings (SSSR count). The summed E-state index contributed by atoms with van der Waals surface area (Å²) in [7, 11) is 6.10. The predicted molar refractivity (Wildman–Crippen MR) is 125 cm³/mol. The van der Waals surface area contributed by atoms with Gasteiger partial charge in [-0.2, -0.15) is 0 Å². The fourth-order valence-electron chi connectivity index (χ4n) is 3.79. The highest BCUT2D eigenvalue weighted by Crippen LogP contribution is 2.36. The fourth-order valence-corrected chi connectivity index (χ4v) is 4.97. The van der Waals surface area contributed by atoms with E-state index in [-0.39, 0.29) is 11.8 Å². The standard InChI is InChI=1S/C22H20ClN5OS/c1-26(2)22-25-16-10-15(8-9-18(16)27(22)3)28-12-24-17-11-19(30-20(17)21(28)29)13-4-6-14(23)7-5-13/h4-12,22,25H,1-3H3. The van der Waals surface area contributed by atoms with E-state index >= 15 is 0 Å². The zero-order valence-corrected chi connectivity index (χ0v) is 18.3. The van der Waals surface area contributed by atoms with Gasteiger partial charge in [0, 0.05) is 16.9 Å². The SMILES string of the molecule is CN(C)C1Nc2cc(-n3cnc4cc(-c5ccc(Cl)cc5)sc4c3=O)ccc2N1C. The molecule has 1 aliphatic rings. The first-order valence-corrected chi connectivity index (χ1v) is 10.7. The van der Waals surface area contributed by atoms with E-state index in [1.807, 2.05) is 69.7 Å². The summed E-state index contributed by atoms with van der Waals surface area (Å²) in [5.74, 6) is 0. The van der Waals surface area contributed by atoms with Crippen LogP contribution in [0.2, 0.25) is 5.02 Å². The summed E-state index contributed by atoms with van der Waals surface area (Å²) in [6, 6.07) is 15.5. The molecule has 0 bridgehead atoms. The highest BCUT2D eigenvalue weighted by Gasteiger charge is 2.27. The van der Waals surface area contributed by atoms with Crippen LogP contribution >= 0.6 is 22.9 Å². The van der Waals surface area contributed by atoms with Crippen LogP contribution in [0.15, 0.2) is 59.7 Å². The Bertz CT molecular complexity index is 1310. The van der Waals surface area contributed by atoms with E-state index in [1.54, 1.807) is 10.9 Å². The summed E-state index contributed by atoms with van der Waals surface area (Å²) in [5.41, 5.74) is 4.54. The van der Waals surface area contributed by atoms with Gasteiger partial charge >= 0.3 is 0 Å². The third-order valence-electron chi connectivity index (χ3n) is 5.35. The average Bonchev–Trinajstić information content (AvgIpc) is 3.31. The van der Waals surface area contributed by atoms with Gasteiger partial charge in [-0.05, 0) is 56.1 Å². The lowest BCUT2D eigenvalue weighted by molar-refractivity contribution is 0.328. The number of fused-ring (bicyclic) bond motifs is 2. The van der Waals surface area contributed by atoms with Crippen LogP contribution in [0.5, 0.6) is 0 Å². The second-order valence-corrected chi connectivity index (χ2v) is 9.03. The quantitative estimate of drug-likeness (QED) is 0.512. The van der Waals surface area contributed by atoms with E-state index in [1.165, 1.54) is 11.3 Å².